The second kappa shape index (κ2) is 12.5. The normalized spacial score (nSPS) is 24.0. The molecule has 4 atom stereocenters. The third-order valence-electron chi connectivity index (χ3n) is 9.63. The highest BCUT2D eigenvalue weighted by atomic mass is 32.2. The Labute approximate surface area is 279 Å². The Kier molecular flexibility index (Phi) is 8.85. The predicted molar refractivity (Wildman–Crippen MR) is 175 cm³/mol. The smallest absolute Gasteiger partial charge is 0.270 e. The lowest BCUT2D eigenvalue weighted by Crippen LogP contribution is -2.44. The molecule has 6 rings (SSSR count). The van der Waals surface area contributed by atoms with Gasteiger partial charge in [0.15, 0.2) is 11.5 Å². The van der Waals surface area contributed by atoms with Gasteiger partial charge in [-0.2, -0.15) is 16.8 Å². The molecular formula is C33H38N2O11S2. The van der Waals surface area contributed by atoms with Crippen molar-refractivity contribution in [1.29, 1.82) is 0 Å². The topological polar surface area (TPSA) is 177 Å². The van der Waals surface area contributed by atoms with Gasteiger partial charge >= 0.3 is 0 Å². The number of aryl methyl sites for hydroxylation is 1. The Bertz CT molecular complexity index is 1940. The molecular weight excluding hydrogens is 665 g/mol. The SMILES string of the molecule is C=C1C[C@H]2C(S(=O)(=O)O)Cc3cc(OCCCOc4cc5c(cc4OC)C(=O)N4CC(=C)C[C@H]4C(S(=O)(=O)O)C5)c(C)cc3C(=O)N2C1. The maximum Gasteiger partial charge on any atom is 0.270 e. The Balaban J connectivity index is 1.15. The first kappa shape index (κ1) is 34.0. The monoisotopic (exact) mass is 702 g/mol. The molecule has 0 radical (unpaired) electrons. The number of carbonyl (C=O) groups excluding carboxylic acids is 2. The Morgan fingerprint density at radius 2 is 1.19 bits per heavy atom. The molecule has 2 aromatic carbocycles. The van der Waals surface area contributed by atoms with Gasteiger partial charge in [0.05, 0.1) is 32.4 Å². The van der Waals surface area contributed by atoms with Gasteiger partial charge in [-0.15, -0.1) is 0 Å². The summed E-state index contributed by atoms with van der Waals surface area (Å²) in [5.74, 6) is 0.357. The van der Waals surface area contributed by atoms with Gasteiger partial charge in [0.2, 0.25) is 0 Å². The van der Waals surface area contributed by atoms with Crippen molar-refractivity contribution in [3.05, 3.63) is 76.4 Å². The van der Waals surface area contributed by atoms with Crippen molar-refractivity contribution < 1.29 is 49.7 Å². The van der Waals surface area contributed by atoms with E-state index in [4.69, 9.17) is 14.2 Å². The number of hydrogen-bond acceptors (Lipinski definition) is 9. The van der Waals surface area contributed by atoms with E-state index in [1.54, 1.807) is 25.1 Å². The van der Waals surface area contributed by atoms with Crippen LogP contribution in [-0.4, -0.2) is 104 Å². The van der Waals surface area contributed by atoms with Gasteiger partial charge in [-0.25, -0.2) is 0 Å². The van der Waals surface area contributed by atoms with Gasteiger partial charge in [0.1, 0.15) is 16.2 Å². The van der Waals surface area contributed by atoms with Crippen LogP contribution in [0.25, 0.3) is 0 Å². The third-order valence-corrected chi connectivity index (χ3v) is 12.1. The van der Waals surface area contributed by atoms with Crippen molar-refractivity contribution in [3.8, 4) is 17.2 Å². The molecule has 2 amide bonds. The van der Waals surface area contributed by atoms with E-state index in [2.05, 4.69) is 13.2 Å². The van der Waals surface area contributed by atoms with E-state index < -0.39 is 42.8 Å². The number of methoxy groups -OCH3 is 1. The van der Waals surface area contributed by atoms with E-state index in [-0.39, 0.29) is 68.7 Å². The van der Waals surface area contributed by atoms with Gasteiger partial charge in [0, 0.05) is 30.6 Å². The summed E-state index contributed by atoms with van der Waals surface area (Å²) in [5.41, 5.74) is 3.64. The van der Waals surface area contributed by atoms with Gasteiger partial charge in [-0.05, 0) is 73.6 Å². The van der Waals surface area contributed by atoms with Crippen molar-refractivity contribution >= 4 is 32.1 Å². The molecule has 0 saturated carbocycles. The van der Waals surface area contributed by atoms with E-state index in [1.807, 2.05) is 0 Å². The number of carbonyl (C=O) groups is 2. The van der Waals surface area contributed by atoms with Crippen molar-refractivity contribution in [1.82, 2.24) is 9.80 Å². The van der Waals surface area contributed by atoms with Crippen molar-refractivity contribution in [3.63, 3.8) is 0 Å². The van der Waals surface area contributed by atoms with Crippen LogP contribution in [0.1, 0.15) is 56.7 Å². The van der Waals surface area contributed by atoms with E-state index >= 15 is 0 Å². The largest absolute Gasteiger partial charge is 0.493 e. The summed E-state index contributed by atoms with van der Waals surface area (Å²) < 4.78 is 87.1. The summed E-state index contributed by atoms with van der Waals surface area (Å²) >= 11 is 0. The molecule has 0 bridgehead atoms. The first-order valence-corrected chi connectivity index (χ1v) is 18.5. The van der Waals surface area contributed by atoms with Crippen molar-refractivity contribution in [2.24, 2.45) is 0 Å². The number of nitrogens with zero attached hydrogens (tertiary/aromatic N) is 2. The molecule has 258 valence electrons. The van der Waals surface area contributed by atoms with Gasteiger partial charge in [0.25, 0.3) is 32.1 Å². The minimum atomic E-state index is -4.49. The van der Waals surface area contributed by atoms with Crippen LogP contribution < -0.4 is 14.2 Å². The van der Waals surface area contributed by atoms with Crippen LogP contribution >= 0.6 is 0 Å². The fourth-order valence-corrected chi connectivity index (χ4v) is 9.37. The van der Waals surface area contributed by atoms with Crippen LogP contribution in [-0.2, 0) is 33.1 Å². The summed E-state index contributed by atoms with van der Waals surface area (Å²) in [6, 6.07) is 4.99. The predicted octanol–water partition coefficient (Wildman–Crippen LogP) is 3.02. The second-order valence-corrected chi connectivity index (χ2v) is 16.2. The Hall–Kier alpha value is -3.92. The van der Waals surface area contributed by atoms with Crippen molar-refractivity contribution in [2.45, 2.75) is 61.6 Å². The van der Waals surface area contributed by atoms with Gasteiger partial charge < -0.3 is 24.0 Å². The molecule has 0 aromatic heterocycles. The highest BCUT2D eigenvalue weighted by Crippen LogP contribution is 2.40. The lowest BCUT2D eigenvalue weighted by atomic mass is 9.98. The maximum atomic E-state index is 13.5. The summed E-state index contributed by atoms with van der Waals surface area (Å²) in [6.07, 6.45) is 0.824. The minimum absolute atomic E-state index is 0.0551. The Morgan fingerprint density at radius 3 is 1.67 bits per heavy atom. The maximum absolute atomic E-state index is 13.5. The number of benzene rings is 2. The number of hydrogen-bond donors (Lipinski definition) is 2. The zero-order valence-corrected chi connectivity index (χ0v) is 28.3. The van der Waals surface area contributed by atoms with Crippen LogP contribution in [0.2, 0.25) is 0 Å². The number of fused-ring (bicyclic) bond motifs is 4. The Morgan fingerprint density at radius 1 is 0.729 bits per heavy atom. The van der Waals surface area contributed by atoms with Crippen LogP contribution in [0.5, 0.6) is 17.2 Å². The highest BCUT2D eigenvalue weighted by Gasteiger charge is 2.47. The van der Waals surface area contributed by atoms with Crippen LogP contribution in [0.4, 0.5) is 0 Å². The lowest BCUT2D eigenvalue weighted by Gasteiger charge is -2.26. The standard InChI is InChI=1S/C33H38N2O11S2/c1-18-8-25-30(47(38,39)40)13-21-11-27(20(3)10-23(21)32(36)34(25)16-18)45-6-5-7-46-29-12-22-14-31(48(41,42)43)26-9-19(2)17-35(26)33(37)24(22)15-28(29)44-4/h10-12,15,25-26,30-31H,1-2,5-9,13-14,16-17H2,3-4H3,(H,38,39,40)(H,41,42,43)/t25-,26-,30?,31?/m0/s1. The summed E-state index contributed by atoms with van der Waals surface area (Å²) in [6.45, 7) is 10.4. The van der Waals surface area contributed by atoms with Gasteiger partial charge in [-0.3, -0.25) is 18.7 Å². The van der Waals surface area contributed by atoms with E-state index in [1.165, 1.54) is 23.0 Å². The molecule has 2 unspecified atom stereocenters. The molecule has 0 spiro atoms. The van der Waals surface area contributed by atoms with Crippen LogP contribution in [0.3, 0.4) is 0 Å². The molecule has 13 nitrogen and oxygen atoms in total. The third kappa shape index (κ3) is 6.31. The summed E-state index contributed by atoms with van der Waals surface area (Å²) in [5, 5.41) is -2.42. The van der Waals surface area contributed by atoms with Crippen LogP contribution in [0.15, 0.2) is 48.6 Å². The second-order valence-electron chi connectivity index (χ2n) is 12.9. The average Bonchev–Trinajstić information content (AvgIpc) is 3.53. The molecule has 2 aromatic rings. The number of amides is 2. The van der Waals surface area contributed by atoms with E-state index in [0.717, 1.165) is 5.57 Å². The molecule has 4 aliphatic rings. The molecule has 2 N–H and O–H groups in total. The van der Waals surface area contributed by atoms with E-state index in [0.29, 0.717) is 52.2 Å². The molecule has 48 heavy (non-hydrogen) atoms. The minimum Gasteiger partial charge on any atom is -0.493 e. The molecule has 2 saturated heterocycles. The first-order valence-electron chi connectivity index (χ1n) is 15.5. The molecule has 4 aliphatic heterocycles. The molecule has 2 fully saturated rings. The fourth-order valence-electron chi connectivity index (χ4n) is 7.31. The molecule has 0 aliphatic carbocycles. The quantitative estimate of drug-likeness (QED) is 0.223. The zero-order valence-electron chi connectivity index (χ0n) is 26.7. The summed E-state index contributed by atoms with van der Waals surface area (Å²) in [4.78, 5) is 29.8. The highest BCUT2D eigenvalue weighted by molar-refractivity contribution is 7.86. The first-order chi connectivity index (χ1) is 22.6. The van der Waals surface area contributed by atoms with E-state index in [9.17, 15) is 35.5 Å². The fraction of sp³-hybridized carbons (Fsp3) is 0.455. The number of ether oxygens (including phenoxy) is 3. The summed E-state index contributed by atoms with van der Waals surface area (Å²) in [7, 11) is -7.53. The molecule has 15 heteroatoms. The van der Waals surface area contributed by atoms with Gasteiger partial charge in [-0.1, -0.05) is 24.3 Å². The lowest BCUT2D eigenvalue weighted by molar-refractivity contribution is 0.0735. The number of rotatable bonds is 9. The zero-order chi connectivity index (χ0) is 34.7. The van der Waals surface area contributed by atoms with Crippen molar-refractivity contribution in [2.75, 3.05) is 33.4 Å². The molecule has 4 heterocycles. The average molecular weight is 703 g/mol. The van der Waals surface area contributed by atoms with Crippen LogP contribution in [0, 0.1) is 6.92 Å².